The number of alkyl halides is 1. The highest BCUT2D eigenvalue weighted by Crippen LogP contribution is 2.37. The Bertz CT molecular complexity index is 497. The molecule has 3 heteroatoms. The number of nitrogens with zero attached hydrogens (tertiary/aromatic N) is 1. The number of oxime groups is 1. The second-order valence-electron chi connectivity index (χ2n) is 4.08. The van der Waals surface area contributed by atoms with Gasteiger partial charge in [0.2, 0.25) is 0 Å². The molecule has 0 aliphatic heterocycles. The monoisotopic (exact) mass is 259 g/mol. The van der Waals surface area contributed by atoms with Crippen LogP contribution in [0.5, 0.6) is 0 Å². The van der Waals surface area contributed by atoms with E-state index in [1.54, 1.807) is 6.92 Å². The number of rotatable bonds is 3. The molecule has 0 aliphatic rings. The Morgan fingerprint density at radius 3 is 1.67 bits per heavy atom. The molecule has 0 bridgehead atoms. The van der Waals surface area contributed by atoms with E-state index in [1.165, 1.54) is 0 Å². The number of hydrogen-bond acceptors (Lipinski definition) is 2. The smallest absolute Gasteiger partial charge is 0.135 e. The maximum Gasteiger partial charge on any atom is 0.135 e. The van der Waals surface area contributed by atoms with E-state index in [4.69, 9.17) is 16.8 Å². The summed E-state index contributed by atoms with van der Waals surface area (Å²) in [6.07, 6.45) is 0. The van der Waals surface area contributed by atoms with Crippen LogP contribution in [0.25, 0.3) is 0 Å². The van der Waals surface area contributed by atoms with E-state index >= 15 is 0 Å². The molecule has 0 atom stereocenters. The van der Waals surface area contributed by atoms with Crippen molar-refractivity contribution >= 4 is 17.3 Å². The van der Waals surface area contributed by atoms with E-state index in [1.807, 2.05) is 60.7 Å². The molecule has 0 spiro atoms. The lowest BCUT2D eigenvalue weighted by molar-refractivity contribution is 0.316. The second kappa shape index (κ2) is 5.23. The van der Waals surface area contributed by atoms with Crippen molar-refractivity contribution in [2.75, 3.05) is 0 Å². The van der Waals surface area contributed by atoms with Gasteiger partial charge in [0.05, 0.1) is 5.71 Å². The molecule has 2 nitrogen and oxygen atoms in total. The van der Waals surface area contributed by atoms with Crippen molar-refractivity contribution < 1.29 is 5.21 Å². The van der Waals surface area contributed by atoms with Crippen molar-refractivity contribution in [3.63, 3.8) is 0 Å². The zero-order valence-electron chi connectivity index (χ0n) is 10.0. The van der Waals surface area contributed by atoms with Gasteiger partial charge in [-0.2, -0.15) is 0 Å². The molecule has 0 fully saturated rings. The van der Waals surface area contributed by atoms with Gasteiger partial charge in [-0.15, -0.1) is 11.6 Å². The summed E-state index contributed by atoms with van der Waals surface area (Å²) in [5.74, 6) is 0. The molecule has 0 aromatic heterocycles. The molecular formula is C15H14ClNO. The standard InChI is InChI=1S/C15H14ClNO/c1-12(17-18)15(16,13-8-4-2-5-9-13)14-10-6-3-7-11-14/h2-11,18H,1H3/b17-12+. The predicted octanol–water partition coefficient (Wildman–Crippen LogP) is 4.02. The van der Waals surface area contributed by atoms with Crippen LogP contribution >= 0.6 is 11.6 Å². The van der Waals surface area contributed by atoms with E-state index in [9.17, 15) is 0 Å². The molecule has 2 aromatic rings. The lowest BCUT2D eigenvalue weighted by Crippen LogP contribution is -2.29. The normalized spacial score (nSPS) is 12.4. The largest absolute Gasteiger partial charge is 0.411 e. The van der Waals surface area contributed by atoms with Gasteiger partial charge >= 0.3 is 0 Å². The fourth-order valence-corrected chi connectivity index (χ4v) is 2.28. The summed E-state index contributed by atoms with van der Waals surface area (Å²) in [6, 6.07) is 19.2. The molecule has 0 aliphatic carbocycles. The van der Waals surface area contributed by atoms with Gasteiger partial charge in [-0.1, -0.05) is 65.8 Å². The summed E-state index contributed by atoms with van der Waals surface area (Å²) in [4.78, 5) is -0.933. The van der Waals surface area contributed by atoms with Gasteiger partial charge in [0.1, 0.15) is 4.87 Å². The maximum absolute atomic E-state index is 9.10. The summed E-state index contributed by atoms with van der Waals surface area (Å²) in [5.41, 5.74) is 2.21. The van der Waals surface area contributed by atoms with Crippen molar-refractivity contribution in [3.05, 3.63) is 71.8 Å². The van der Waals surface area contributed by atoms with Crippen LogP contribution in [0.15, 0.2) is 65.8 Å². The third kappa shape index (κ3) is 2.12. The Labute approximate surface area is 112 Å². The fraction of sp³-hybridized carbons (Fsp3) is 0.133. The summed E-state index contributed by atoms with van der Waals surface area (Å²) >= 11 is 6.75. The van der Waals surface area contributed by atoms with Crippen LogP contribution in [-0.2, 0) is 4.87 Å². The predicted molar refractivity (Wildman–Crippen MR) is 74.4 cm³/mol. The lowest BCUT2D eigenvalue weighted by Gasteiger charge is -2.27. The summed E-state index contributed by atoms with van der Waals surface area (Å²) in [6.45, 7) is 1.72. The summed E-state index contributed by atoms with van der Waals surface area (Å²) in [7, 11) is 0. The highest BCUT2D eigenvalue weighted by atomic mass is 35.5. The van der Waals surface area contributed by atoms with Crippen molar-refractivity contribution in [2.45, 2.75) is 11.8 Å². The Balaban J connectivity index is 2.63. The first-order valence-electron chi connectivity index (χ1n) is 5.68. The van der Waals surface area contributed by atoms with Crippen LogP contribution in [0.2, 0.25) is 0 Å². The van der Waals surface area contributed by atoms with Crippen LogP contribution in [0.1, 0.15) is 18.1 Å². The fourth-order valence-electron chi connectivity index (χ4n) is 1.99. The van der Waals surface area contributed by atoms with E-state index in [-0.39, 0.29) is 0 Å². The number of hydrogen-bond donors (Lipinski definition) is 1. The molecule has 0 saturated carbocycles. The minimum atomic E-state index is -0.933. The first kappa shape index (κ1) is 12.7. The van der Waals surface area contributed by atoms with Gasteiger partial charge in [0, 0.05) is 0 Å². The van der Waals surface area contributed by atoms with Crippen LogP contribution in [-0.4, -0.2) is 10.9 Å². The Morgan fingerprint density at radius 2 is 1.33 bits per heavy atom. The van der Waals surface area contributed by atoms with Gasteiger partial charge in [-0.3, -0.25) is 0 Å². The maximum atomic E-state index is 9.10. The zero-order valence-corrected chi connectivity index (χ0v) is 10.8. The van der Waals surface area contributed by atoms with Gasteiger partial charge in [0.15, 0.2) is 0 Å². The molecule has 2 aromatic carbocycles. The van der Waals surface area contributed by atoms with Crippen molar-refractivity contribution in [2.24, 2.45) is 5.16 Å². The molecule has 2 rings (SSSR count). The first-order valence-corrected chi connectivity index (χ1v) is 6.06. The quantitative estimate of drug-likeness (QED) is 0.384. The topological polar surface area (TPSA) is 32.6 Å². The zero-order chi connectivity index (χ0) is 13.0. The summed E-state index contributed by atoms with van der Waals surface area (Å²) < 4.78 is 0. The second-order valence-corrected chi connectivity index (χ2v) is 4.64. The third-order valence-corrected chi connectivity index (χ3v) is 3.70. The van der Waals surface area contributed by atoms with Crippen molar-refractivity contribution in [1.29, 1.82) is 0 Å². The van der Waals surface area contributed by atoms with Gasteiger partial charge in [0.25, 0.3) is 0 Å². The Morgan fingerprint density at radius 1 is 0.944 bits per heavy atom. The van der Waals surface area contributed by atoms with Gasteiger partial charge in [-0.25, -0.2) is 0 Å². The molecular weight excluding hydrogens is 246 g/mol. The van der Waals surface area contributed by atoms with E-state index in [0.717, 1.165) is 11.1 Å². The average Bonchev–Trinajstić information content (AvgIpc) is 2.47. The molecule has 0 saturated heterocycles. The molecule has 0 heterocycles. The highest BCUT2D eigenvalue weighted by molar-refractivity contribution is 6.37. The first-order chi connectivity index (χ1) is 8.69. The summed E-state index contributed by atoms with van der Waals surface area (Å²) in [5, 5.41) is 12.4. The highest BCUT2D eigenvalue weighted by Gasteiger charge is 2.35. The molecule has 18 heavy (non-hydrogen) atoms. The number of benzene rings is 2. The molecule has 0 radical (unpaired) electrons. The lowest BCUT2D eigenvalue weighted by atomic mass is 9.87. The Hall–Kier alpha value is -1.80. The average molecular weight is 260 g/mol. The third-order valence-electron chi connectivity index (χ3n) is 2.99. The van der Waals surface area contributed by atoms with Crippen molar-refractivity contribution in [3.8, 4) is 0 Å². The molecule has 0 amide bonds. The van der Waals surface area contributed by atoms with E-state index in [0.29, 0.717) is 5.71 Å². The van der Waals surface area contributed by atoms with Crippen LogP contribution < -0.4 is 0 Å². The van der Waals surface area contributed by atoms with E-state index < -0.39 is 4.87 Å². The SMILES string of the molecule is C/C(=N\O)C(Cl)(c1ccccc1)c1ccccc1. The molecule has 1 N–H and O–H groups in total. The minimum Gasteiger partial charge on any atom is -0.411 e. The van der Waals surface area contributed by atoms with Gasteiger partial charge < -0.3 is 5.21 Å². The van der Waals surface area contributed by atoms with Crippen LogP contribution in [0.4, 0.5) is 0 Å². The Kier molecular flexibility index (Phi) is 3.68. The van der Waals surface area contributed by atoms with Crippen LogP contribution in [0, 0.1) is 0 Å². The van der Waals surface area contributed by atoms with E-state index in [2.05, 4.69) is 5.16 Å². The number of halogens is 1. The minimum absolute atomic E-state index is 0.446. The van der Waals surface area contributed by atoms with Gasteiger partial charge in [-0.05, 0) is 18.1 Å². The molecule has 0 unspecified atom stereocenters. The van der Waals surface area contributed by atoms with Crippen LogP contribution in [0.3, 0.4) is 0 Å². The molecule has 92 valence electrons. The van der Waals surface area contributed by atoms with Crippen molar-refractivity contribution in [1.82, 2.24) is 0 Å².